The fraction of sp³-hybridized carbons (Fsp3) is 0.240. The molecule has 0 spiro atoms. The average molecular weight is 489 g/mol. The molecule has 36 heavy (non-hydrogen) atoms. The van der Waals surface area contributed by atoms with Crippen molar-refractivity contribution in [2.24, 2.45) is 0 Å². The maximum Gasteiger partial charge on any atom is 0.280 e. The molecule has 2 aromatic carbocycles. The van der Waals surface area contributed by atoms with Crippen LogP contribution in [0.1, 0.15) is 17.1 Å². The Morgan fingerprint density at radius 2 is 1.64 bits per heavy atom. The quantitative estimate of drug-likeness (QED) is 0.311. The molecule has 0 aliphatic rings. The maximum absolute atomic E-state index is 5.92. The van der Waals surface area contributed by atoms with E-state index in [9.17, 15) is 0 Å². The first-order valence-corrected chi connectivity index (χ1v) is 11.1. The number of para-hydroxylation sites is 1. The summed E-state index contributed by atoms with van der Waals surface area (Å²) < 4.78 is 29.2. The van der Waals surface area contributed by atoms with Gasteiger partial charge in [-0.1, -0.05) is 22.5 Å². The van der Waals surface area contributed by atoms with Gasteiger partial charge in [0.25, 0.3) is 5.89 Å². The number of ether oxygens (including phenoxy) is 3. The van der Waals surface area contributed by atoms with Gasteiger partial charge >= 0.3 is 0 Å². The van der Waals surface area contributed by atoms with Crippen LogP contribution in [0.4, 0.5) is 0 Å². The summed E-state index contributed by atoms with van der Waals surface area (Å²) in [6.45, 7) is 4.10. The summed E-state index contributed by atoms with van der Waals surface area (Å²) in [5.74, 6) is 3.71. The van der Waals surface area contributed by atoms with E-state index in [1.807, 2.05) is 38.1 Å². The highest BCUT2D eigenvalue weighted by molar-refractivity contribution is 5.64. The molecule has 0 saturated heterocycles. The lowest BCUT2D eigenvalue weighted by atomic mass is 10.2. The van der Waals surface area contributed by atoms with E-state index in [0.29, 0.717) is 52.5 Å². The third-order valence-corrected chi connectivity index (χ3v) is 5.75. The number of benzene rings is 2. The van der Waals surface area contributed by atoms with Crippen molar-refractivity contribution in [1.82, 2.24) is 30.1 Å². The van der Waals surface area contributed by atoms with Crippen LogP contribution in [0.25, 0.3) is 34.4 Å². The van der Waals surface area contributed by atoms with Crippen molar-refractivity contribution in [3.05, 3.63) is 59.6 Å². The SMILES string of the molecule is COc1cc(OC)cc(-c2noc(-c3nnn(Cc4nc(-c5ccccc5OC)oc4C)c3C)n2)c1. The maximum atomic E-state index is 5.92. The highest BCUT2D eigenvalue weighted by atomic mass is 16.5. The Balaban J connectivity index is 1.41. The molecule has 0 aliphatic heterocycles. The van der Waals surface area contributed by atoms with E-state index in [1.54, 1.807) is 44.2 Å². The van der Waals surface area contributed by atoms with E-state index in [0.717, 1.165) is 17.0 Å². The van der Waals surface area contributed by atoms with Crippen LogP contribution in [0.5, 0.6) is 17.2 Å². The smallest absolute Gasteiger partial charge is 0.280 e. The number of hydrogen-bond acceptors (Lipinski definition) is 10. The summed E-state index contributed by atoms with van der Waals surface area (Å²) in [4.78, 5) is 9.18. The number of aromatic nitrogens is 6. The number of rotatable bonds is 8. The predicted molar refractivity (Wildman–Crippen MR) is 129 cm³/mol. The van der Waals surface area contributed by atoms with Gasteiger partial charge in [-0.2, -0.15) is 4.98 Å². The average Bonchev–Trinajstić information content (AvgIpc) is 3.63. The predicted octanol–water partition coefficient (Wildman–Crippen LogP) is 4.34. The minimum atomic E-state index is 0.252. The number of hydrogen-bond donors (Lipinski definition) is 0. The van der Waals surface area contributed by atoms with Crippen LogP contribution in [0, 0.1) is 13.8 Å². The molecule has 0 fully saturated rings. The normalized spacial score (nSPS) is 11.0. The lowest BCUT2D eigenvalue weighted by Gasteiger charge is -2.05. The van der Waals surface area contributed by atoms with Crippen molar-refractivity contribution in [3.63, 3.8) is 0 Å². The summed E-state index contributed by atoms with van der Waals surface area (Å²) in [5.41, 5.74) is 3.42. The second kappa shape index (κ2) is 9.53. The van der Waals surface area contributed by atoms with Crippen molar-refractivity contribution < 1.29 is 23.2 Å². The lowest BCUT2D eigenvalue weighted by Crippen LogP contribution is -2.05. The molecule has 3 heterocycles. The van der Waals surface area contributed by atoms with Gasteiger partial charge in [-0.15, -0.1) is 5.10 Å². The highest BCUT2D eigenvalue weighted by Crippen LogP contribution is 2.32. The second-order valence-corrected chi connectivity index (χ2v) is 7.93. The van der Waals surface area contributed by atoms with E-state index in [4.69, 9.17) is 23.2 Å². The summed E-state index contributed by atoms with van der Waals surface area (Å²) in [7, 11) is 4.78. The molecule has 5 rings (SSSR count). The number of oxazole rings is 1. The fourth-order valence-electron chi connectivity index (χ4n) is 3.73. The molecule has 0 N–H and O–H groups in total. The Kier molecular flexibility index (Phi) is 6.11. The molecule has 11 nitrogen and oxygen atoms in total. The standard InChI is InChI=1S/C25H24N6O5/c1-14-22(25-27-23(29-36-25)16-10-17(32-3)12-18(11-16)33-4)28-30-31(14)13-20-15(2)35-24(26-20)19-8-6-7-9-21(19)34-5/h6-12H,13H2,1-5H3. The van der Waals surface area contributed by atoms with Crippen molar-refractivity contribution in [3.8, 4) is 51.7 Å². The molecular formula is C25H24N6O5. The first kappa shape index (κ1) is 23.1. The Morgan fingerprint density at radius 3 is 2.36 bits per heavy atom. The van der Waals surface area contributed by atoms with E-state index >= 15 is 0 Å². The summed E-state index contributed by atoms with van der Waals surface area (Å²) in [5, 5.41) is 12.6. The zero-order chi connectivity index (χ0) is 25.2. The minimum Gasteiger partial charge on any atom is -0.497 e. The van der Waals surface area contributed by atoms with Crippen molar-refractivity contribution >= 4 is 0 Å². The molecule has 0 atom stereocenters. The van der Waals surface area contributed by atoms with Crippen LogP contribution in [0.2, 0.25) is 0 Å². The fourth-order valence-corrected chi connectivity index (χ4v) is 3.73. The van der Waals surface area contributed by atoms with Gasteiger partial charge in [0.05, 0.1) is 39.1 Å². The molecule has 0 aliphatic carbocycles. The van der Waals surface area contributed by atoms with Crippen LogP contribution >= 0.6 is 0 Å². The molecule has 0 saturated carbocycles. The van der Waals surface area contributed by atoms with Gasteiger partial charge in [0.1, 0.15) is 28.7 Å². The first-order valence-electron chi connectivity index (χ1n) is 11.1. The van der Waals surface area contributed by atoms with Crippen LogP contribution < -0.4 is 14.2 Å². The molecular weight excluding hydrogens is 464 g/mol. The molecule has 5 aromatic rings. The largest absolute Gasteiger partial charge is 0.497 e. The zero-order valence-corrected chi connectivity index (χ0v) is 20.5. The van der Waals surface area contributed by atoms with Crippen LogP contribution in [-0.2, 0) is 6.54 Å². The van der Waals surface area contributed by atoms with Crippen molar-refractivity contribution in [1.29, 1.82) is 0 Å². The third kappa shape index (κ3) is 4.26. The van der Waals surface area contributed by atoms with Gasteiger partial charge in [0.2, 0.25) is 11.7 Å². The molecule has 11 heteroatoms. The van der Waals surface area contributed by atoms with E-state index < -0.39 is 0 Å². The monoisotopic (exact) mass is 488 g/mol. The Labute approximate surface area is 206 Å². The number of methoxy groups -OCH3 is 3. The van der Waals surface area contributed by atoms with Crippen molar-refractivity contribution in [2.45, 2.75) is 20.4 Å². The summed E-state index contributed by atoms with van der Waals surface area (Å²) in [6.07, 6.45) is 0. The Morgan fingerprint density at radius 1 is 0.889 bits per heavy atom. The van der Waals surface area contributed by atoms with E-state index in [-0.39, 0.29) is 5.89 Å². The van der Waals surface area contributed by atoms with Gasteiger partial charge in [0, 0.05) is 11.6 Å². The topological polar surface area (TPSA) is 123 Å². The van der Waals surface area contributed by atoms with Crippen LogP contribution in [-0.4, -0.2) is 51.4 Å². The summed E-state index contributed by atoms with van der Waals surface area (Å²) >= 11 is 0. The number of aryl methyl sites for hydroxylation is 1. The third-order valence-electron chi connectivity index (χ3n) is 5.75. The van der Waals surface area contributed by atoms with Gasteiger partial charge in [0.15, 0.2) is 5.69 Å². The van der Waals surface area contributed by atoms with E-state index in [1.165, 1.54) is 0 Å². The molecule has 0 unspecified atom stereocenters. The minimum absolute atomic E-state index is 0.252. The Bertz CT molecular complexity index is 1500. The van der Waals surface area contributed by atoms with Gasteiger partial charge in [-0.25, -0.2) is 9.67 Å². The van der Waals surface area contributed by atoms with Crippen LogP contribution in [0.3, 0.4) is 0 Å². The van der Waals surface area contributed by atoms with Gasteiger partial charge in [-0.05, 0) is 38.1 Å². The van der Waals surface area contributed by atoms with E-state index in [2.05, 4.69) is 25.4 Å². The van der Waals surface area contributed by atoms with Crippen molar-refractivity contribution in [2.75, 3.05) is 21.3 Å². The molecule has 0 bridgehead atoms. The second-order valence-electron chi connectivity index (χ2n) is 7.93. The zero-order valence-electron chi connectivity index (χ0n) is 20.5. The van der Waals surface area contributed by atoms with Crippen LogP contribution in [0.15, 0.2) is 51.4 Å². The lowest BCUT2D eigenvalue weighted by molar-refractivity contribution is 0.394. The van der Waals surface area contributed by atoms with Gasteiger partial charge in [-0.3, -0.25) is 0 Å². The molecule has 0 amide bonds. The molecule has 184 valence electrons. The summed E-state index contributed by atoms with van der Waals surface area (Å²) in [6, 6.07) is 12.9. The van der Waals surface area contributed by atoms with Gasteiger partial charge < -0.3 is 23.2 Å². The number of nitrogens with zero attached hydrogens (tertiary/aromatic N) is 6. The molecule has 3 aromatic heterocycles. The molecule has 0 radical (unpaired) electrons. The highest BCUT2D eigenvalue weighted by Gasteiger charge is 2.21. The first-order chi connectivity index (χ1) is 17.5. The Hall–Kier alpha value is -4.67.